The van der Waals surface area contributed by atoms with Crippen LogP contribution in [0.25, 0.3) is 10.9 Å². The maximum absolute atomic E-state index is 13.1. The molecule has 1 saturated heterocycles. The molecule has 0 saturated carbocycles. The maximum Gasteiger partial charge on any atom is 0.316 e. The predicted molar refractivity (Wildman–Crippen MR) is 119 cm³/mol. The fourth-order valence-corrected chi connectivity index (χ4v) is 3.94. The number of hydrogen-bond donors (Lipinski definition) is 2. The molecule has 0 aliphatic carbocycles. The molecule has 31 heavy (non-hydrogen) atoms. The lowest BCUT2D eigenvalue weighted by Crippen LogP contribution is -2.54. The molecule has 0 bridgehead atoms. The number of anilines is 2. The number of aromatic nitrogens is 3. The van der Waals surface area contributed by atoms with Crippen LogP contribution in [-0.2, 0) is 0 Å². The summed E-state index contributed by atoms with van der Waals surface area (Å²) in [5.74, 6) is 0.191. The van der Waals surface area contributed by atoms with Crippen molar-refractivity contribution in [3.63, 3.8) is 0 Å². The van der Waals surface area contributed by atoms with E-state index in [1.54, 1.807) is 37.7 Å². The highest BCUT2D eigenvalue weighted by Gasteiger charge is 2.24. The Morgan fingerprint density at radius 1 is 1.06 bits per heavy atom. The van der Waals surface area contributed by atoms with E-state index < -0.39 is 0 Å². The lowest BCUT2D eigenvalue weighted by atomic mass is 10.0. The predicted octanol–water partition coefficient (Wildman–Crippen LogP) is 2.48. The zero-order valence-electron chi connectivity index (χ0n) is 18.0. The largest absolute Gasteiger partial charge is 0.481 e. The Bertz CT molecular complexity index is 1080. The van der Waals surface area contributed by atoms with E-state index in [1.807, 2.05) is 6.07 Å². The molecule has 0 spiro atoms. The van der Waals surface area contributed by atoms with Gasteiger partial charge in [-0.2, -0.15) is 4.98 Å². The fourth-order valence-electron chi connectivity index (χ4n) is 3.94. The highest BCUT2D eigenvalue weighted by atomic mass is 16.5. The zero-order chi connectivity index (χ0) is 22.0. The number of amides is 1. The van der Waals surface area contributed by atoms with Gasteiger partial charge < -0.3 is 25.0 Å². The molecule has 2 atom stereocenters. The van der Waals surface area contributed by atoms with Crippen LogP contribution >= 0.6 is 0 Å². The summed E-state index contributed by atoms with van der Waals surface area (Å²) in [7, 11) is 3.05. The number of carbonyl (C=O) groups excluding carboxylic acids is 1. The Morgan fingerprint density at radius 3 is 2.48 bits per heavy atom. The van der Waals surface area contributed by atoms with Gasteiger partial charge in [0.25, 0.3) is 5.91 Å². The number of carbonyl (C=O) groups is 1. The fraction of sp³-hybridized carbons (Fsp3) is 0.364. The first-order chi connectivity index (χ1) is 15.0. The van der Waals surface area contributed by atoms with E-state index in [4.69, 9.17) is 9.47 Å². The van der Waals surface area contributed by atoms with Crippen molar-refractivity contribution in [3.8, 4) is 11.9 Å². The van der Waals surface area contributed by atoms with E-state index in [2.05, 4.69) is 44.3 Å². The minimum absolute atomic E-state index is 0.215. The second kappa shape index (κ2) is 8.73. The minimum atomic E-state index is -0.286. The summed E-state index contributed by atoms with van der Waals surface area (Å²) in [5, 5.41) is 7.22. The van der Waals surface area contributed by atoms with Gasteiger partial charge in [-0.1, -0.05) is 0 Å². The molecule has 1 aliphatic rings. The number of nitrogens with zero attached hydrogens (tertiary/aromatic N) is 4. The molecule has 1 aliphatic heterocycles. The summed E-state index contributed by atoms with van der Waals surface area (Å²) in [6.07, 6.45) is 3.27. The van der Waals surface area contributed by atoms with Crippen LogP contribution in [0, 0.1) is 0 Å². The monoisotopic (exact) mass is 422 g/mol. The Kier molecular flexibility index (Phi) is 5.85. The Balaban J connectivity index is 1.72. The molecule has 9 nitrogen and oxygen atoms in total. The molecular weight excluding hydrogens is 396 g/mol. The molecule has 1 amide bonds. The standard InChI is InChI=1S/C22H26N6O3/c1-13-11-28(12-14(2)25-13)18-7-6-16(20-17(18)10-24-22(27-20)31-4)21(29)26-15-5-8-19(30-3)23-9-15/h5-10,13-14,25H,11-12H2,1-4H3,(H,26,29). The van der Waals surface area contributed by atoms with Crippen molar-refractivity contribution in [2.24, 2.45) is 0 Å². The van der Waals surface area contributed by atoms with Crippen molar-refractivity contribution in [3.05, 3.63) is 42.2 Å². The molecule has 162 valence electrons. The number of nitrogens with one attached hydrogen (secondary N) is 2. The Labute approximate surface area is 180 Å². The van der Waals surface area contributed by atoms with E-state index in [-0.39, 0.29) is 11.9 Å². The molecule has 2 N–H and O–H groups in total. The molecular formula is C22H26N6O3. The smallest absolute Gasteiger partial charge is 0.316 e. The first-order valence-electron chi connectivity index (χ1n) is 10.1. The minimum Gasteiger partial charge on any atom is -0.481 e. The van der Waals surface area contributed by atoms with Gasteiger partial charge in [-0.15, -0.1) is 0 Å². The van der Waals surface area contributed by atoms with Crippen LogP contribution in [-0.4, -0.2) is 60.3 Å². The van der Waals surface area contributed by atoms with Crippen LogP contribution in [0.15, 0.2) is 36.7 Å². The molecule has 1 fully saturated rings. The van der Waals surface area contributed by atoms with E-state index in [1.165, 1.54) is 7.11 Å². The van der Waals surface area contributed by atoms with Gasteiger partial charge >= 0.3 is 6.01 Å². The Morgan fingerprint density at radius 2 is 1.84 bits per heavy atom. The van der Waals surface area contributed by atoms with Crippen molar-refractivity contribution < 1.29 is 14.3 Å². The summed E-state index contributed by atoms with van der Waals surface area (Å²) in [6, 6.07) is 8.10. The van der Waals surface area contributed by atoms with Crippen LogP contribution in [0.4, 0.5) is 11.4 Å². The van der Waals surface area contributed by atoms with Gasteiger partial charge in [-0.25, -0.2) is 9.97 Å². The van der Waals surface area contributed by atoms with Gasteiger partial charge in [0.1, 0.15) is 0 Å². The maximum atomic E-state index is 13.1. The van der Waals surface area contributed by atoms with E-state index in [0.29, 0.717) is 34.7 Å². The summed E-state index contributed by atoms with van der Waals surface area (Å²) in [6.45, 7) is 6.03. The van der Waals surface area contributed by atoms with Crippen molar-refractivity contribution in [1.82, 2.24) is 20.3 Å². The number of piperazine rings is 1. The first-order valence-corrected chi connectivity index (χ1v) is 10.1. The number of rotatable bonds is 5. The van der Waals surface area contributed by atoms with Gasteiger partial charge in [-0.3, -0.25) is 4.79 Å². The second-order valence-electron chi connectivity index (χ2n) is 7.67. The molecule has 2 unspecified atom stereocenters. The quantitative estimate of drug-likeness (QED) is 0.647. The zero-order valence-corrected chi connectivity index (χ0v) is 18.0. The second-order valence-corrected chi connectivity index (χ2v) is 7.67. The third kappa shape index (κ3) is 4.36. The highest BCUT2D eigenvalue weighted by Crippen LogP contribution is 2.31. The van der Waals surface area contributed by atoms with Crippen LogP contribution in [0.3, 0.4) is 0 Å². The number of benzene rings is 1. The van der Waals surface area contributed by atoms with Crippen molar-refractivity contribution in [1.29, 1.82) is 0 Å². The van der Waals surface area contributed by atoms with Gasteiger partial charge in [0, 0.05) is 48.5 Å². The van der Waals surface area contributed by atoms with Crippen LogP contribution < -0.4 is 25.0 Å². The third-order valence-electron chi connectivity index (χ3n) is 5.23. The lowest BCUT2D eigenvalue weighted by Gasteiger charge is -2.38. The number of hydrogen-bond acceptors (Lipinski definition) is 8. The van der Waals surface area contributed by atoms with Crippen molar-refractivity contribution >= 4 is 28.2 Å². The SMILES string of the molecule is COc1ccc(NC(=O)c2ccc(N3CC(C)NC(C)C3)c3cnc(OC)nc23)cn1. The highest BCUT2D eigenvalue weighted by molar-refractivity contribution is 6.13. The molecule has 4 rings (SSSR count). The van der Waals surface area contributed by atoms with Crippen LogP contribution in [0.2, 0.25) is 0 Å². The lowest BCUT2D eigenvalue weighted by molar-refractivity contribution is 0.102. The third-order valence-corrected chi connectivity index (χ3v) is 5.23. The first kappa shape index (κ1) is 20.8. The summed E-state index contributed by atoms with van der Waals surface area (Å²) >= 11 is 0. The molecule has 0 radical (unpaired) electrons. The van der Waals surface area contributed by atoms with Gasteiger partial charge in [0.15, 0.2) is 0 Å². The number of fused-ring (bicyclic) bond motifs is 1. The average Bonchev–Trinajstić information content (AvgIpc) is 2.77. The summed E-state index contributed by atoms with van der Waals surface area (Å²) in [4.78, 5) is 28.3. The molecule has 2 aromatic heterocycles. The number of methoxy groups -OCH3 is 2. The van der Waals surface area contributed by atoms with Crippen molar-refractivity contribution in [2.45, 2.75) is 25.9 Å². The van der Waals surface area contributed by atoms with Crippen LogP contribution in [0.5, 0.6) is 11.9 Å². The number of pyridine rings is 1. The summed E-state index contributed by atoms with van der Waals surface area (Å²) in [5.41, 5.74) is 2.54. The molecule has 3 heterocycles. The topological polar surface area (TPSA) is 102 Å². The molecule has 3 aromatic rings. The van der Waals surface area contributed by atoms with Crippen molar-refractivity contribution in [2.75, 3.05) is 37.5 Å². The Hall–Kier alpha value is -3.46. The molecule has 9 heteroatoms. The van der Waals surface area contributed by atoms with E-state index >= 15 is 0 Å². The van der Waals surface area contributed by atoms with E-state index in [9.17, 15) is 4.79 Å². The number of ether oxygens (including phenoxy) is 2. The van der Waals surface area contributed by atoms with Gasteiger partial charge in [-0.05, 0) is 32.0 Å². The summed E-state index contributed by atoms with van der Waals surface area (Å²) < 4.78 is 10.3. The molecule has 1 aromatic carbocycles. The average molecular weight is 422 g/mol. The van der Waals surface area contributed by atoms with Gasteiger partial charge in [0.2, 0.25) is 5.88 Å². The normalized spacial score (nSPS) is 18.6. The van der Waals surface area contributed by atoms with Crippen LogP contribution in [0.1, 0.15) is 24.2 Å². The van der Waals surface area contributed by atoms with E-state index in [0.717, 1.165) is 24.2 Å². The van der Waals surface area contributed by atoms with Gasteiger partial charge in [0.05, 0.1) is 37.2 Å².